The molecule has 1 aromatic heterocycles. The molecule has 0 atom stereocenters. The summed E-state index contributed by atoms with van der Waals surface area (Å²) in [5.74, 6) is 0.0922. The van der Waals surface area contributed by atoms with Crippen molar-refractivity contribution in [2.24, 2.45) is 0 Å². The number of benzene rings is 1. The SMILES string of the molecule is COc1ccc(C(=O)Nc2ncccc2O)c(N)c1. The molecule has 98 valence electrons. The first-order chi connectivity index (χ1) is 9.11. The summed E-state index contributed by atoms with van der Waals surface area (Å²) in [6, 6.07) is 7.72. The van der Waals surface area contributed by atoms with Crippen LogP contribution < -0.4 is 15.8 Å². The minimum absolute atomic E-state index is 0.0859. The number of hydrogen-bond donors (Lipinski definition) is 3. The molecule has 6 nitrogen and oxygen atoms in total. The molecule has 2 rings (SSSR count). The van der Waals surface area contributed by atoms with E-state index in [1.807, 2.05) is 0 Å². The van der Waals surface area contributed by atoms with Gasteiger partial charge in [0.1, 0.15) is 5.75 Å². The molecule has 1 heterocycles. The molecule has 0 aliphatic rings. The standard InChI is InChI=1S/C13H13N3O3/c1-19-8-4-5-9(10(14)7-8)13(18)16-12-11(17)3-2-6-15-12/h2-7,17H,14H2,1H3,(H,15,16,18). The molecular formula is C13H13N3O3. The van der Waals surface area contributed by atoms with Gasteiger partial charge in [0.2, 0.25) is 0 Å². The summed E-state index contributed by atoms with van der Waals surface area (Å²) in [7, 11) is 1.51. The van der Waals surface area contributed by atoms with Crippen LogP contribution in [0.25, 0.3) is 0 Å². The minimum Gasteiger partial charge on any atom is -0.504 e. The van der Waals surface area contributed by atoms with Crippen molar-refractivity contribution < 1.29 is 14.6 Å². The molecule has 0 aliphatic carbocycles. The number of carbonyl (C=O) groups excluding carboxylic acids is 1. The first-order valence-corrected chi connectivity index (χ1v) is 5.50. The van der Waals surface area contributed by atoms with Gasteiger partial charge in [-0.1, -0.05) is 0 Å². The predicted molar refractivity (Wildman–Crippen MR) is 71.3 cm³/mol. The number of aromatic nitrogens is 1. The molecule has 0 saturated heterocycles. The zero-order valence-corrected chi connectivity index (χ0v) is 10.3. The highest BCUT2D eigenvalue weighted by Crippen LogP contribution is 2.23. The van der Waals surface area contributed by atoms with Crippen LogP contribution in [0.3, 0.4) is 0 Å². The Kier molecular flexibility index (Phi) is 3.51. The van der Waals surface area contributed by atoms with Crippen LogP contribution in [0.1, 0.15) is 10.4 Å². The Morgan fingerprint density at radius 1 is 1.42 bits per heavy atom. The average molecular weight is 259 g/mol. The van der Waals surface area contributed by atoms with Gasteiger partial charge in [0.25, 0.3) is 5.91 Å². The number of amides is 1. The van der Waals surface area contributed by atoms with Gasteiger partial charge >= 0.3 is 0 Å². The number of pyridine rings is 1. The van der Waals surface area contributed by atoms with Crippen molar-refractivity contribution in [3.63, 3.8) is 0 Å². The molecule has 0 spiro atoms. The Morgan fingerprint density at radius 2 is 2.21 bits per heavy atom. The third kappa shape index (κ3) is 2.74. The number of anilines is 2. The Bertz CT molecular complexity index is 614. The summed E-state index contributed by atoms with van der Waals surface area (Å²) in [6.45, 7) is 0. The molecule has 1 amide bonds. The Labute approximate surface area is 109 Å². The number of nitrogens with two attached hydrogens (primary N) is 1. The van der Waals surface area contributed by atoms with Crippen molar-refractivity contribution in [3.05, 3.63) is 42.1 Å². The van der Waals surface area contributed by atoms with E-state index in [0.29, 0.717) is 5.75 Å². The lowest BCUT2D eigenvalue weighted by Gasteiger charge is -2.09. The third-order valence-electron chi connectivity index (χ3n) is 2.52. The van der Waals surface area contributed by atoms with Crippen LogP contribution in [-0.4, -0.2) is 23.1 Å². The third-order valence-corrected chi connectivity index (χ3v) is 2.52. The molecule has 0 radical (unpaired) electrons. The zero-order chi connectivity index (χ0) is 13.8. The van der Waals surface area contributed by atoms with E-state index < -0.39 is 5.91 Å². The highest BCUT2D eigenvalue weighted by atomic mass is 16.5. The minimum atomic E-state index is -0.450. The van der Waals surface area contributed by atoms with E-state index in [2.05, 4.69) is 10.3 Å². The zero-order valence-electron chi connectivity index (χ0n) is 10.3. The summed E-state index contributed by atoms with van der Waals surface area (Å²) >= 11 is 0. The number of aromatic hydroxyl groups is 1. The van der Waals surface area contributed by atoms with E-state index >= 15 is 0 Å². The van der Waals surface area contributed by atoms with Crippen LogP contribution in [0.15, 0.2) is 36.5 Å². The van der Waals surface area contributed by atoms with Crippen LogP contribution in [0.5, 0.6) is 11.5 Å². The van der Waals surface area contributed by atoms with Gasteiger partial charge in [-0.05, 0) is 24.3 Å². The number of ether oxygens (including phenoxy) is 1. The number of hydrogen-bond acceptors (Lipinski definition) is 5. The molecule has 6 heteroatoms. The summed E-state index contributed by atoms with van der Waals surface area (Å²) < 4.78 is 5.00. The molecule has 0 bridgehead atoms. The second-order valence-corrected chi connectivity index (χ2v) is 3.78. The topological polar surface area (TPSA) is 97.5 Å². The molecule has 1 aromatic carbocycles. The quantitative estimate of drug-likeness (QED) is 0.728. The average Bonchev–Trinajstić information content (AvgIpc) is 2.41. The maximum atomic E-state index is 12.0. The van der Waals surface area contributed by atoms with Crippen molar-refractivity contribution in [1.82, 2.24) is 4.98 Å². The lowest BCUT2D eigenvalue weighted by Crippen LogP contribution is -2.15. The summed E-state index contributed by atoms with van der Waals surface area (Å²) in [5, 5.41) is 12.0. The van der Waals surface area contributed by atoms with Crippen molar-refractivity contribution in [2.75, 3.05) is 18.2 Å². The fourth-order valence-electron chi connectivity index (χ4n) is 1.54. The largest absolute Gasteiger partial charge is 0.504 e. The van der Waals surface area contributed by atoms with E-state index in [-0.39, 0.29) is 22.8 Å². The van der Waals surface area contributed by atoms with E-state index in [0.717, 1.165) is 0 Å². The molecule has 0 aliphatic heterocycles. The summed E-state index contributed by atoms with van der Waals surface area (Å²) in [5.41, 5.74) is 6.33. The van der Waals surface area contributed by atoms with Gasteiger partial charge in [0, 0.05) is 18.0 Å². The number of methoxy groups -OCH3 is 1. The van der Waals surface area contributed by atoms with Gasteiger partial charge in [-0.25, -0.2) is 4.98 Å². The molecule has 2 aromatic rings. The monoisotopic (exact) mass is 259 g/mol. The number of nitrogens with one attached hydrogen (secondary N) is 1. The van der Waals surface area contributed by atoms with E-state index in [1.165, 1.54) is 19.4 Å². The van der Waals surface area contributed by atoms with E-state index in [1.54, 1.807) is 24.3 Å². The highest BCUT2D eigenvalue weighted by molar-refractivity contribution is 6.07. The van der Waals surface area contributed by atoms with Crippen LogP contribution in [0.2, 0.25) is 0 Å². The Morgan fingerprint density at radius 3 is 2.84 bits per heavy atom. The summed E-state index contributed by atoms with van der Waals surface area (Å²) in [4.78, 5) is 15.9. The predicted octanol–water partition coefficient (Wildman–Crippen LogP) is 1.63. The smallest absolute Gasteiger partial charge is 0.259 e. The first-order valence-electron chi connectivity index (χ1n) is 5.50. The second kappa shape index (κ2) is 5.26. The van der Waals surface area contributed by atoms with Crippen LogP contribution in [-0.2, 0) is 0 Å². The lowest BCUT2D eigenvalue weighted by molar-refractivity contribution is 0.102. The molecule has 0 unspecified atom stereocenters. The fourth-order valence-corrected chi connectivity index (χ4v) is 1.54. The lowest BCUT2D eigenvalue weighted by atomic mass is 10.1. The van der Waals surface area contributed by atoms with Crippen molar-refractivity contribution in [2.45, 2.75) is 0 Å². The normalized spacial score (nSPS) is 9.95. The Balaban J connectivity index is 2.23. The Hall–Kier alpha value is -2.76. The molecule has 4 N–H and O–H groups in total. The second-order valence-electron chi connectivity index (χ2n) is 3.78. The highest BCUT2D eigenvalue weighted by Gasteiger charge is 2.13. The van der Waals surface area contributed by atoms with E-state index in [9.17, 15) is 9.90 Å². The fraction of sp³-hybridized carbons (Fsp3) is 0.0769. The van der Waals surface area contributed by atoms with Gasteiger partial charge in [-0.2, -0.15) is 0 Å². The number of rotatable bonds is 3. The maximum Gasteiger partial charge on any atom is 0.259 e. The van der Waals surface area contributed by atoms with Crippen molar-refractivity contribution >= 4 is 17.4 Å². The van der Waals surface area contributed by atoms with Crippen LogP contribution >= 0.6 is 0 Å². The summed E-state index contributed by atoms with van der Waals surface area (Å²) in [6.07, 6.45) is 1.46. The molecule has 0 saturated carbocycles. The number of nitrogens with zero attached hydrogens (tertiary/aromatic N) is 1. The number of carbonyl (C=O) groups is 1. The van der Waals surface area contributed by atoms with Gasteiger partial charge < -0.3 is 20.9 Å². The van der Waals surface area contributed by atoms with Gasteiger partial charge in [0.05, 0.1) is 12.7 Å². The van der Waals surface area contributed by atoms with Gasteiger partial charge in [-0.3, -0.25) is 4.79 Å². The number of nitrogen functional groups attached to an aromatic ring is 1. The molecule has 19 heavy (non-hydrogen) atoms. The molecular weight excluding hydrogens is 246 g/mol. The molecule has 0 fully saturated rings. The van der Waals surface area contributed by atoms with Crippen molar-refractivity contribution in [1.29, 1.82) is 0 Å². The van der Waals surface area contributed by atoms with Crippen LogP contribution in [0, 0.1) is 0 Å². The first kappa shape index (κ1) is 12.7. The van der Waals surface area contributed by atoms with Crippen molar-refractivity contribution in [3.8, 4) is 11.5 Å². The van der Waals surface area contributed by atoms with Gasteiger partial charge in [-0.15, -0.1) is 0 Å². The van der Waals surface area contributed by atoms with Crippen LogP contribution in [0.4, 0.5) is 11.5 Å². The maximum absolute atomic E-state index is 12.0. The van der Waals surface area contributed by atoms with E-state index in [4.69, 9.17) is 10.5 Å². The van der Waals surface area contributed by atoms with Gasteiger partial charge in [0.15, 0.2) is 11.6 Å².